The molecule has 1 aromatic rings. The second-order valence-electron chi connectivity index (χ2n) is 7.96. The maximum absolute atomic E-state index is 12.9. The Kier molecular flexibility index (Phi) is 6.06. The fraction of sp³-hybridized carbons (Fsp3) is 0.600. The molecule has 2 amide bonds. The standard InChI is InChI=1S/C20H26FN3O2.ClH/c21-15-1-3-16(4-2-15)23-18(25)14-5-11-24(12-6-14)19(26)17-13-20(17)7-9-22-10-8-20;/h1-4,14,17,22H,5-13H2,(H,23,25);1H. The second-order valence-corrected chi connectivity index (χ2v) is 7.96. The van der Waals surface area contributed by atoms with Crippen LogP contribution in [0.2, 0.25) is 0 Å². The highest BCUT2D eigenvalue weighted by Crippen LogP contribution is 2.59. The van der Waals surface area contributed by atoms with Crippen molar-refractivity contribution in [3.8, 4) is 0 Å². The van der Waals surface area contributed by atoms with Crippen molar-refractivity contribution in [2.24, 2.45) is 17.3 Å². The van der Waals surface area contributed by atoms with Crippen LogP contribution in [0, 0.1) is 23.1 Å². The Bertz CT molecular complexity index is 683. The normalized spacial score (nSPS) is 24.2. The number of amides is 2. The van der Waals surface area contributed by atoms with E-state index in [0.29, 0.717) is 37.5 Å². The smallest absolute Gasteiger partial charge is 0.227 e. The van der Waals surface area contributed by atoms with E-state index in [-0.39, 0.29) is 41.4 Å². The van der Waals surface area contributed by atoms with Crippen molar-refractivity contribution in [1.82, 2.24) is 10.2 Å². The third-order valence-electron chi connectivity index (χ3n) is 6.38. The lowest BCUT2D eigenvalue weighted by atomic mass is 9.90. The Hall–Kier alpha value is -1.66. The first kappa shape index (κ1) is 20.1. The largest absolute Gasteiger partial charge is 0.342 e. The van der Waals surface area contributed by atoms with Crippen LogP contribution in [-0.2, 0) is 9.59 Å². The van der Waals surface area contributed by atoms with Gasteiger partial charge in [0.1, 0.15) is 5.82 Å². The van der Waals surface area contributed by atoms with Gasteiger partial charge >= 0.3 is 0 Å². The molecule has 5 nitrogen and oxygen atoms in total. The van der Waals surface area contributed by atoms with Crippen molar-refractivity contribution in [1.29, 1.82) is 0 Å². The van der Waals surface area contributed by atoms with Crippen LogP contribution in [0.15, 0.2) is 24.3 Å². The molecule has 148 valence electrons. The molecule has 0 radical (unpaired) electrons. The molecule has 2 N–H and O–H groups in total. The van der Waals surface area contributed by atoms with Crippen LogP contribution < -0.4 is 10.6 Å². The summed E-state index contributed by atoms with van der Waals surface area (Å²) in [5, 5.41) is 6.22. The lowest BCUT2D eigenvalue weighted by molar-refractivity contribution is -0.136. The van der Waals surface area contributed by atoms with Crippen molar-refractivity contribution in [2.75, 3.05) is 31.5 Å². The predicted octanol–water partition coefficient (Wildman–Crippen LogP) is 2.81. The SMILES string of the molecule is Cl.O=C(Nc1ccc(F)cc1)C1CCN(C(=O)C2CC23CCNCC3)CC1. The van der Waals surface area contributed by atoms with Gasteiger partial charge in [0.05, 0.1) is 0 Å². The summed E-state index contributed by atoms with van der Waals surface area (Å²) in [7, 11) is 0. The lowest BCUT2D eigenvalue weighted by Gasteiger charge is -2.32. The van der Waals surface area contributed by atoms with Gasteiger partial charge in [-0.2, -0.15) is 0 Å². The topological polar surface area (TPSA) is 61.4 Å². The molecule has 2 heterocycles. The van der Waals surface area contributed by atoms with Gasteiger partial charge in [-0.15, -0.1) is 12.4 Å². The van der Waals surface area contributed by atoms with Crippen LogP contribution in [0.1, 0.15) is 32.1 Å². The first-order valence-electron chi connectivity index (χ1n) is 9.63. The van der Waals surface area contributed by atoms with Gasteiger partial charge in [-0.05, 0) is 74.9 Å². The fourth-order valence-corrected chi connectivity index (χ4v) is 4.53. The maximum Gasteiger partial charge on any atom is 0.227 e. The van der Waals surface area contributed by atoms with Crippen molar-refractivity contribution in [3.05, 3.63) is 30.1 Å². The van der Waals surface area contributed by atoms with E-state index in [1.807, 2.05) is 4.90 Å². The Labute approximate surface area is 165 Å². The van der Waals surface area contributed by atoms with E-state index in [1.165, 1.54) is 12.1 Å². The summed E-state index contributed by atoms with van der Waals surface area (Å²) in [6, 6.07) is 5.81. The molecule has 0 bridgehead atoms. The van der Waals surface area contributed by atoms with E-state index in [2.05, 4.69) is 10.6 Å². The average molecular weight is 396 g/mol. The third-order valence-corrected chi connectivity index (χ3v) is 6.38. The quantitative estimate of drug-likeness (QED) is 0.827. The number of carbonyl (C=O) groups excluding carboxylic acids is 2. The number of piperidine rings is 2. The first-order valence-corrected chi connectivity index (χ1v) is 9.63. The molecule has 1 saturated carbocycles. The maximum atomic E-state index is 12.9. The number of halogens is 2. The molecular formula is C20H27ClFN3O2. The summed E-state index contributed by atoms with van der Waals surface area (Å²) in [6.07, 6.45) is 4.65. The summed E-state index contributed by atoms with van der Waals surface area (Å²) in [5.41, 5.74) is 0.875. The van der Waals surface area contributed by atoms with Gasteiger partial charge in [0, 0.05) is 30.6 Å². The molecule has 2 saturated heterocycles. The van der Waals surface area contributed by atoms with Gasteiger partial charge in [0.25, 0.3) is 0 Å². The van der Waals surface area contributed by atoms with Gasteiger partial charge in [-0.3, -0.25) is 9.59 Å². The lowest BCUT2D eigenvalue weighted by Crippen LogP contribution is -2.43. The van der Waals surface area contributed by atoms with Crippen LogP contribution in [0.3, 0.4) is 0 Å². The number of anilines is 1. The Morgan fingerprint density at radius 1 is 1.11 bits per heavy atom. The molecule has 0 aromatic heterocycles. The molecule has 3 fully saturated rings. The molecule has 1 unspecified atom stereocenters. The fourth-order valence-electron chi connectivity index (χ4n) is 4.53. The van der Waals surface area contributed by atoms with Crippen LogP contribution in [-0.4, -0.2) is 42.9 Å². The Morgan fingerprint density at radius 3 is 2.37 bits per heavy atom. The van der Waals surface area contributed by atoms with Crippen LogP contribution >= 0.6 is 12.4 Å². The molecule has 1 aliphatic carbocycles. The average Bonchev–Trinajstić information content (AvgIpc) is 3.36. The van der Waals surface area contributed by atoms with Gasteiger partial charge in [-0.1, -0.05) is 0 Å². The summed E-state index contributed by atoms with van der Waals surface area (Å²) in [6.45, 7) is 3.36. The summed E-state index contributed by atoms with van der Waals surface area (Å²) < 4.78 is 12.9. The Morgan fingerprint density at radius 2 is 1.74 bits per heavy atom. The van der Waals surface area contributed by atoms with Crippen molar-refractivity contribution in [2.45, 2.75) is 32.1 Å². The van der Waals surface area contributed by atoms with E-state index in [9.17, 15) is 14.0 Å². The zero-order valence-electron chi connectivity index (χ0n) is 15.4. The minimum atomic E-state index is -0.318. The minimum Gasteiger partial charge on any atom is -0.342 e. The molecule has 1 spiro atoms. The highest BCUT2D eigenvalue weighted by molar-refractivity contribution is 5.92. The highest BCUT2D eigenvalue weighted by Gasteiger charge is 2.58. The molecule has 1 aromatic carbocycles. The number of benzene rings is 1. The monoisotopic (exact) mass is 395 g/mol. The second kappa shape index (κ2) is 8.15. The van der Waals surface area contributed by atoms with Gasteiger partial charge in [0.2, 0.25) is 11.8 Å². The zero-order valence-corrected chi connectivity index (χ0v) is 16.2. The third kappa shape index (κ3) is 4.27. The van der Waals surface area contributed by atoms with Crippen molar-refractivity contribution in [3.63, 3.8) is 0 Å². The summed E-state index contributed by atoms with van der Waals surface area (Å²) in [5.74, 6) is 0.0565. The molecule has 27 heavy (non-hydrogen) atoms. The number of rotatable bonds is 3. The van der Waals surface area contributed by atoms with E-state index in [4.69, 9.17) is 0 Å². The van der Waals surface area contributed by atoms with Crippen LogP contribution in [0.4, 0.5) is 10.1 Å². The van der Waals surface area contributed by atoms with E-state index >= 15 is 0 Å². The number of carbonyl (C=O) groups is 2. The molecule has 2 aliphatic heterocycles. The minimum absolute atomic E-state index is 0. The van der Waals surface area contributed by atoms with E-state index in [1.54, 1.807) is 12.1 Å². The number of nitrogens with zero attached hydrogens (tertiary/aromatic N) is 1. The van der Waals surface area contributed by atoms with Crippen LogP contribution in [0.5, 0.6) is 0 Å². The highest BCUT2D eigenvalue weighted by atomic mass is 35.5. The molecule has 3 aliphatic rings. The zero-order chi connectivity index (χ0) is 18.1. The van der Waals surface area contributed by atoms with Gasteiger partial charge < -0.3 is 15.5 Å². The number of likely N-dealkylation sites (tertiary alicyclic amines) is 1. The number of nitrogens with one attached hydrogen (secondary N) is 2. The van der Waals surface area contributed by atoms with Crippen molar-refractivity contribution < 1.29 is 14.0 Å². The van der Waals surface area contributed by atoms with Gasteiger partial charge in [0.15, 0.2) is 0 Å². The number of hydrogen-bond acceptors (Lipinski definition) is 3. The number of hydrogen-bond donors (Lipinski definition) is 2. The Balaban J connectivity index is 0.00000210. The molecule has 7 heteroatoms. The van der Waals surface area contributed by atoms with Crippen molar-refractivity contribution >= 4 is 29.9 Å². The van der Waals surface area contributed by atoms with Crippen LogP contribution in [0.25, 0.3) is 0 Å². The van der Waals surface area contributed by atoms with E-state index < -0.39 is 0 Å². The first-order chi connectivity index (χ1) is 12.6. The predicted molar refractivity (Wildman–Crippen MR) is 104 cm³/mol. The van der Waals surface area contributed by atoms with Gasteiger partial charge in [-0.25, -0.2) is 4.39 Å². The molecular weight excluding hydrogens is 369 g/mol. The summed E-state index contributed by atoms with van der Waals surface area (Å²) in [4.78, 5) is 27.2. The van der Waals surface area contributed by atoms with E-state index in [0.717, 1.165) is 32.4 Å². The molecule has 4 rings (SSSR count). The summed E-state index contributed by atoms with van der Waals surface area (Å²) >= 11 is 0. The molecule has 1 atom stereocenters.